The first-order chi connectivity index (χ1) is 7.27. The summed E-state index contributed by atoms with van der Waals surface area (Å²) in [6.45, 7) is 5.06. The number of hydrogen-bond acceptors (Lipinski definition) is 1. The quantitative estimate of drug-likeness (QED) is 0.732. The molecule has 0 aliphatic heterocycles. The molecule has 0 bridgehead atoms. The van der Waals surface area contributed by atoms with Crippen LogP contribution in [0.4, 0.5) is 0 Å². The summed E-state index contributed by atoms with van der Waals surface area (Å²) in [5, 5.41) is 2.34. The molecule has 1 heteroatoms. The first-order valence-corrected chi connectivity index (χ1v) is 5.29. The highest BCUT2D eigenvalue weighted by atomic mass is 16.5. The smallest absolute Gasteiger partial charge is 0.127 e. The molecule has 0 spiro atoms. The predicted molar refractivity (Wildman–Crippen MR) is 63.1 cm³/mol. The van der Waals surface area contributed by atoms with E-state index < -0.39 is 0 Å². The molecular weight excluding hydrogens is 184 g/mol. The standard InChI is InChI=1S/C14H15O/c1-11(2)10-15-14-9-5-7-12-6-3-4-8-13(12)14/h3,5-9,11H,10H2,1-2H3. The van der Waals surface area contributed by atoms with E-state index in [0.29, 0.717) is 5.92 Å². The van der Waals surface area contributed by atoms with Crippen molar-refractivity contribution in [1.29, 1.82) is 0 Å². The molecule has 1 radical (unpaired) electrons. The van der Waals surface area contributed by atoms with Crippen LogP contribution in [0, 0.1) is 12.0 Å². The van der Waals surface area contributed by atoms with Crippen molar-refractivity contribution in [2.75, 3.05) is 6.61 Å². The van der Waals surface area contributed by atoms with Crippen molar-refractivity contribution in [1.82, 2.24) is 0 Å². The number of ether oxygens (including phenoxy) is 1. The Hall–Kier alpha value is -1.50. The summed E-state index contributed by atoms with van der Waals surface area (Å²) >= 11 is 0. The Morgan fingerprint density at radius 1 is 1.27 bits per heavy atom. The van der Waals surface area contributed by atoms with Crippen LogP contribution in [0.25, 0.3) is 10.8 Å². The van der Waals surface area contributed by atoms with E-state index in [-0.39, 0.29) is 0 Å². The van der Waals surface area contributed by atoms with Crippen LogP contribution >= 0.6 is 0 Å². The SMILES string of the molecule is CC(C)COc1cccc2cc[c]cc12. The summed E-state index contributed by atoms with van der Waals surface area (Å²) in [7, 11) is 0. The van der Waals surface area contributed by atoms with Crippen LogP contribution in [0.1, 0.15) is 13.8 Å². The lowest BCUT2D eigenvalue weighted by atomic mass is 10.1. The van der Waals surface area contributed by atoms with Gasteiger partial charge in [0.05, 0.1) is 6.61 Å². The van der Waals surface area contributed by atoms with Gasteiger partial charge in [0.15, 0.2) is 0 Å². The number of rotatable bonds is 3. The maximum atomic E-state index is 5.76. The van der Waals surface area contributed by atoms with Crippen LogP contribution in [0.15, 0.2) is 36.4 Å². The van der Waals surface area contributed by atoms with E-state index >= 15 is 0 Å². The van der Waals surface area contributed by atoms with E-state index in [9.17, 15) is 0 Å². The van der Waals surface area contributed by atoms with Crippen molar-refractivity contribution in [3.63, 3.8) is 0 Å². The van der Waals surface area contributed by atoms with Gasteiger partial charge in [-0.25, -0.2) is 0 Å². The molecule has 2 rings (SSSR count). The highest BCUT2D eigenvalue weighted by molar-refractivity contribution is 5.88. The molecule has 0 aliphatic carbocycles. The van der Waals surface area contributed by atoms with Crippen molar-refractivity contribution in [2.45, 2.75) is 13.8 Å². The second kappa shape index (κ2) is 4.35. The maximum Gasteiger partial charge on any atom is 0.127 e. The Morgan fingerprint density at radius 3 is 2.93 bits per heavy atom. The average Bonchev–Trinajstić information content (AvgIpc) is 2.26. The van der Waals surface area contributed by atoms with E-state index in [1.165, 1.54) is 5.39 Å². The number of hydrogen-bond donors (Lipinski definition) is 0. The molecule has 1 nitrogen and oxygen atoms in total. The van der Waals surface area contributed by atoms with E-state index in [1.54, 1.807) is 0 Å². The fourth-order valence-corrected chi connectivity index (χ4v) is 1.51. The Morgan fingerprint density at radius 2 is 2.13 bits per heavy atom. The summed E-state index contributed by atoms with van der Waals surface area (Å²) in [6.07, 6.45) is 0. The van der Waals surface area contributed by atoms with Gasteiger partial charge in [0.25, 0.3) is 0 Å². The normalized spacial score (nSPS) is 10.9. The molecule has 0 N–H and O–H groups in total. The summed E-state index contributed by atoms with van der Waals surface area (Å²) in [6, 6.07) is 15.2. The lowest BCUT2D eigenvalue weighted by Crippen LogP contribution is -2.04. The molecule has 0 aromatic heterocycles. The fourth-order valence-electron chi connectivity index (χ4n) is 1.51. The first-order valence-electron chi connectivity index (χ1n) is 5.29. The third-order valence-electron chi connectivity index (χ3n) is 2.26. The average molecular weight is 199 g/mol. The molecule has 0 heterocycles. The molecule has 77 valence electrons. The van der Waals surface area contributed by atoms with Gasteiger partial charge in [0.1, 0.15) is 5.75 Å². The van der Waals surface area contributed by atoms with Gasteiger partial charge in [-0.15, -0.1) is 0 Å². The maximum absolute atomic E-state index is 5.76. The molecule has 2 aromatic carbocycles. The summed E-state index contributed by atoms with van der Waals surface area (Å²) in [4.78, 5) is 0. The lowest BCUT2D eigenvalue weighted by molar-refractivity contribution is 0.274. The largest absolute Gasteiger partial charge is 0.493 e. The molecule has 15 heavy (non-hydrogen) atoms. The van der Waals surface area contributed by atoms with Gasteiger partial charge in [-0.05, 0) is 29.5 Å². The third-order valence-corrected chi connectivity index (χ3v) is 2.26. The zero-order valence-corrected chi connectivity index (χ0v) is 9.16. The van der Waals surface area contributed by atoms with Crippen LogP contribution in [0.2, 0.25) is 0 Å². The second-order valence-electron chi connectivity index (χ2n) is 4.11. The summed E-state index contributed by atoms with van der Waals surface area (Å²) < 4.78 is 5.76. The minimum Gasteiger partial charge on any atom is -0.493 e. The molecule has 0 aliphatic rings. The molecule has 0 amide bonds. The number of fused-ring (bicyclic) bond motifs is 1. The summed E-state index contributed by atoms with van der Waals surface area (Å²) in [5.41, 5.74) is 0. The van der Waals surface area contributed by atoms with Gasteiger partial charge in [-0.3, -0.25) is 0 Å². The highest BCUT2D eigenvalue weighted by Gasteiger charge is 2.01. The van der Waals surface area contributed by atoms with Crippen molar-refractivity contribution in [2.24, 2.45) is 5.92 Å². The van der Waals surface area contributed by atoms with Crippen LogP contribution < -0.4 is 4.74 Å². The van der Waals surface area contributed by atoms with Gasteiger partial charge in [-0.1, -0.05) is 38.1 Å². The van der Waals surface area contributed by atoms with Crippen LogP contribution in [0.5, 0.6) is 5.75 Å². The topological polar surface area (TPSA) is 9.23 Å². The molecule has 0 saturated carbocycles. The lowest BCUT2D eigenvalue weighted by Gasteiger charge is -2.10. The molecule has 0 fully saturated rings. The minimum atomic E-state index is 0.549. The van der Waals surface area contributed by atoms with Gasteiger partial charge < -0.3 is 4.74 Å². The van der Waals surface area contributed by atoms with Crippen LogP contribution in [-0.4, -0.2) is 6.61 Å². The zero-order chi connectivity index (χ0) is 10.7. The van der Waals surface area contributed by atoms with Gasteiger partial charge >= 0.3 is 0 Å². The molecule has 0 atom stereocenters. The van der Waals surface area contributed by atoms with Crippen LogP contribution in [0.3, 0.4) is 0 Å². The highest BCUT2D eigenvalue weighted by Crippen LogP contribution is 2.25. The Labute approximate surface area is 90.7 Å². The van der Waals surface area contributed by atoms with E-state index in [4.69, 9.17) is 4.74 Å². The molecule has 2 aromatic rings. The Kier molecular flexibility index (Phi) is 2.91. The number of benzene rings is 2. The molecule has 0 saturated heterocycles. The second-order valence-corrected chi connectivity index (χ2v) is 4.11. The van der Waals surface area contributed by atoms with Crippen molar-refractivity contribution in [3.05, 3.63) is 42.5 Å². The van der Waals surface area contributed by atoms with E-state index in [2.05, 4.69) is 32.0 Å². The van der Waals surface area contributed by atoms with Crippen molar-refractivity contribution >= 4 is 10.8 Å². The molecular formula is C14H15O. The zero-order valence-electron chi connectivity index (χ0n) is 9.16. The fraction of sp³-hybridized carbons (Fsp3) is 0.286. The Balaban J connectivity index is 2.34. The minimum absolute atomic E-state index is 0.549. The van der Waals surface area contributed by atoms with Crippen molar-refractivity contribution in [3.8, 4) is 5.75 Å². The van der Waals surface area contributed by atoms with Gasteiger partial charge in [0.2, 0.25) is 0 Å². The first kappa shape index (κ1) is 10.0. The van der Waals surface area contributed by atoms with Crippen LogP contribution in [-0.2, 0) is 0 Å². The predicted octanol–water partition coefficient (Wildman–Crippen LogP) is 3.67. The van der Waals surface area contributed by atoms with Crippen molar-refractivity contribution < 1.29 is 4.74 Å². The molecule has 0 unspecified atom stereocenters. The monoisotopic (exact) mass is 199 g/mol. The van der Waals surface area contributed by atoms with E-state index in [1.807, 2.05) is 24.3 Å². The third kappa shape index (κ3) is 2.30. The Bertz CT molecular complexity index is 441. The van der Waals surface area contributed by atoms with Gasteiger partial charge in [0, 0.05) is 5.39 Å². The van der Waals surface area contributed by atoms with Gasteiger partial charge in [-0.2, -0.15) is 0 Å². The van der Waals surface area contributed by atoms with E-state index in [0.717, 1.165) is 17.7 Å². The summed E-state index contributed by atoms with van der Waals surface area (Å²) in [5.74, 6) is 1.51.